The summed E-state index contributed by atoms with van der Waals surface area (Å²) in [6, 6.07) is 9.40. The maximum atomic E-state index is 4.65. The molecule has 4 rings (SSSR count). The fraction of sp³-hybridized carbons (Fsp3) is 0.600. The van der Waals surface area contributed by atoms with Crippen LogP contribution in [0.4, 0.5) is 0 Å². The van der Waals surface area contributed by atoms with Gasteiger partial charge in [-0.15, -0.1) is 0 Å². The number of nitrogens with zero attached hydrogens (tertiary/aromatic N) is 2. The van der Waals surface area contributed by atoms with Crippen LogP contribution < -0.4 is 5.32 Å². The number of rotatable bonds is 4. The first-order chi connectivity index (χ1) is 10.9. The maximum Gasteiger partial charge on any atom is 0.0205 e. The summed E-state index contributed by atoms with van der Waals surface area (Å²) in [5.74, 6) is 1.51. The minimum atomic E-state index is 0.698. The van der Waals surface area contributed by atoms with E-state index in [9.17, 15) is 0 Å². The molecule has 0 aromatic heterocycles. The molecule has 1 aromatic carbocycles. The molecule has 2 heterocycles. The maximum absolute atomic E-state index is 4.65. The van der Waals surface area contributed by atoms with Crippen molar-refractivity contribution in [2.24, 2.45) is 11.8 Å². The summed E-state index contributed by atoms with van der Waals surface area (Å²) < 4.78 is 0. The van der Waals surface area contributed by atoms with E-state index < -0.39 is 0 Å². The van der Waals surface area contributed by atoms with Crippen LogP contribution in [0.5, 0.6) is 0 Å². The Morgan fingerprint density at radius 3 is 2.68 bits per heavy atom. The van der Waals surface area contributed by atoms with Crippen molar-refractivity contribution >= 4 is 5.57 Å². The van der Waals surface area contributed by atoms with Gasteiger partial charge in [0.1, 0.15) is 0 Å². The molecule has 3 aliphatic rings. The number of likely N-dealkylation sites (tertiary alicyclic amines) is 1. The van der Waals surface area contributed by atoms with Gasteiger partial charge in [0.05, 0.1) is 0 Å². The van der Waals surface area contributed by atoms with Crippen LogP contribution in [0.2, 0.25) is 0 Å². The Labute approximate surface area is 134 Å². The molecule has 1 aliphatic carbocycles. The lowest BCUT2D eigenvalue weighted by molar-refractivity contribution is 0.343. The molecular formula is C20H27N2. The van der Waals surface area contributed by atoms with Crippen LogP contribution in [0.1, 0.15) is 36.8 Å². The zero-order valence-electron chi connectivity index (χ0n) is 13.5. The van der Waals surface area contributed by atoms with Gasteiger partial charge in [-0.1, -0.05) is 30.3 Å². The van der Waals surface area contributed by atoms with Gasteiger partial charge in [-0.3, -0.25) is 0 Å². The van der Waals surface area contributed by atoms with Gasteiger partial charge >= 0.3 is 0 Å². The first kappa shape index (κ1) is 14.5. The van der Waals surface area contributed by atoms with Crippen molar-refractivity contribution in [1.82, 2.24) is 10.2 Å². The van der Waals surface area contributed by atoms with Crippen molar-refractivity contribution in [2.75, 3.05) is 32.7 Å². The standard InChI is InChI=1S/C20H27N2/c1-2-12-22(11-1)13-10-16-6-8-17(9-7-16)19-5-3-4-18-14-21-15-20(18)19/h5-9,18,20H,1-4,10-15H2. The zero-order valence-corrected chi connectivity index (χ0v) is 13.5. The molecule has 2 atom stereocenters. The lowest BCUT2D eigenvalue weighted by Gasteiger charge is -2.26. The van der Waals surface area contributed by atoms with Gasteiger partial charge in [0.2, 0.25) is 0 Å². The third-order valence-corrected chi connectivity index (χ3v) is 5.76. The number of fused-ring (bicyclic) bond motifs is 1. The molecular weight excluding hydrogens is 268 g/mol. The normalized spacial score (nSPS) is 28.6. The molecule has 0 N–H and O–H groups in total. The minimum absolute atomic E-state index is 0.698. The fourth-order valence-corrected chi connectivity index (χ4v) is 4.39. The summed E-state index contributed by atoms with van der Waals surface area (Å²) in [5, 5.41) is 4.65. The highest BCUT2D eigenvalue weighted by Crippen LogP contribution is 2.39. The summed E-state index contributed by atoms with van der Waals surface area (Å²) in [4.78, 5) is 2.60. The highest BCUT2D eigenvalue weighted by molar-refractivity contribution is 5.69. The summed E-state index contributed by atoms with van der Waals surface area (Å²) in [7, 11) is 0. The highest BCUT2D eigenvalue weighted by Gasteiger charge is 2.33. The molecule has 22 heavy (non-hydrogen) atoms. The van der Waals surface area contributed by atoms with E-state index in [1.54, 1.807) is 5.57 Å². The fourth-order valence-electron chi connectivity index (χ4n) is 4.39. The first-order valence-corrected chi connectivity index (χ1v) is 9.05. The Morgan fingerprint density at radius 2 is 1.86 bits per heavy atom. The van der Waals surface area contributed by atoms with Crippen LogP contribution in [0.3, 0.4) is 0 Å². The smallest absolute Gasteiger partial charge is 0.0205 e. The van der Waals surface area contributed by atoms with E-state index in [1.807, 2.05) is 0 Å². The number of hydrogen-bond donors (Lipinski definition) is 0. The van der Waals surface area contributed by atoms with Gasteiger partial charge in [-0.2, -0.15) is 0 Å². The van der Waals surface area contributed by atoms with Crippen LogP contribution in [0.25, 0.3) is 5.57 Å². The van der Waals surface area contributed by atoms with Gasteiger partial charge in [-0.05, 0) is 67.8 Å². The second kappa shape index (κ2) is 6.55. The molecule has 0 amide bonds. The van der Waals surface area contributed by atoms with Crippen molar-refractivity contribution in [3.8, 4) is 0 Å². The van der Waals surface area contributed by atoms with E-state index >= 15 is 0 Å². The first-order valence-electron chi connectivity index (χ1n) is 9.05. The van der Waals surface area contributed by atoms with E-state index in [1.165, 1.54) is 62.9 Å². The van der Waals surface area contributed by atoms with Gasteiger partial charge in [0.15, 0.2) is 0 Å². The Balaban J connectivity index is 1.41. The number of allylic oxidation sites excluding steroid dienone is 1. The summed E-state index contributed by atoms with van der Waals surface area (Å²) in [6.07, 6.45) is 9.03. The van der Waals surface area contributed by atoms with Gasteiger partial charge in [-0.25, -0.2) is 5.32 Å². The van der Waals surface area contributed by atoms with Gasteiger partial charge < -0.3 is 4.90 Å². The van der Waals surface area contributed by atoms with E-state index in [-0.39, 0.29) is 0 Å². The Bertz CT molecular complexity index is 525. The SMILES string of the molecule is C1=C(c2ccc(CCN3CCCC3)cc2)C2C[N]CC2CC1. The van der Waals surface area contributed by atoms with Crippen molar-refractivity contribution in [1.29, 1.82) is 0 Å². The predicted octanol–water partition coefficient (Wildman–Crippen LogP) is 3.35. The van der Waals surface area contributed by atoms with E-state index in [0.717, 1.165) is 19.0 Å². The van der Waals surface area contributed by atoms with Gasteiger partial charge in [0.25, 0.3) is 0 Å². The van der Waals surface area contributed by atoms with Crippen molar-refractivity contribution < 1.29 is 0 Å². The molecule has 117 valence electrons. The molecule has 2 nitrogen and oxygen atoms in total. The third kappa shape index (κ3) is 3.00. The summed E-state index contributed by atoms with van der Waals surface area (Å²) >= 11 is 0. The summed E-state index contributed by atoms with van der Waals surface area (Å²) in [5.41, 5.74) is 4.50. The van der Waals surface area contributed by atoms with E-state index in [2.05, 4.69) is 40.6 Å². The third-order valence-electron chi connectivity index (χ3n) is 5.76. The Kier molecular flexibility index (Phi) is 4.31. The second-order valence-electron chi connectivity index (χ2n) is 7.19. The van der Waals surface area contributed by atoms with Crippen molar-refractivity contribution in [3.05, 3.63) is 41.5 Å². The quantitative estimate of drug-likeness (QED) is 0.832. The molecule has 2 unspecified atom stereocenters. The summed E-state index contributed by atoms with van der Waals surface area (Å²) in [6.45, 7) is 5.98. The molecule has 2 aliphatic heterocycles. The van der Waals surface area contributed by atoms with Crippen molar-refractivity contribution in [2.45, 2.75) is 32.1 Å². The van der Waals surface area contributed by atoms with Crippen LogP contribution in [0.15, 0.2) is 30.3 Å². The Hall–Kier alpha value is -1.12. The molecule has 0 saturated carbocycles. The Morgan fingerprint density at radius 1 is 1.05 bits per heavy atom. The monoisotopic (exact) mass is 295 g/mol. The zero-order chi connectivity index (χ0) is 14.8. The molecule has 2 heteroatoms. The lowest BCUT2D eigenvalue weighted by Crippen LogP contribution is -2.21. The van der Waals surface area contributed by atoms with E-state index in [0.29, 0.717) is 5.92 Å². The molecule has 1 aromatic rings. The number of benzene rings is 1. The largest absolute Gasteiger partial charge is 0.303 e. The van der Waals surface area contributed by atoms with Crippen molar-refractivity contribution in [3.63, 3.8) is 0 Å². The van der Waals surface area contributed by atoms with Crippen LogP contribution >= 0.6 is 0 Å². The highest BCUT2D eigenvalue weighted by atomic mass is 15.1. The molecule has 1 radical (unpaired) electrons. The van der Waals surface area contributed by atoms with Crippen LogP contribution in [-0.4, -0.2) is 37.6 Å². The molecule has 2 fully saturated rings. The second-order valence-corrected chi connectivity index (χ2v) is 7.19. The van der Waals surface area contributed by atoms with Gasteiger partial charge in [0, 0.05) is 25.6 Å². The molecule has 0 bridgehead atoms. The number of hydrogen-bond acceptors (Lipinski definition) is 1. The molecule has 0 spiro atoms. The van der Waals surface area contributed by atoms with Crippen LogP contribution in [0, 0.1) is 11.8 Å². The topological polar surface area (TPSA) is 17.3 Å². The lowest BCUT2D eigenvalue weighted by atomic mass is 9.78. The average molecular weight is 295 g/mol. The molecule has 2 saturated heterocycles. The average Bonchev–Trinajstić information content (AvgIpc) is 3.24. The minimum Gasteiger partial charge on any atom is -0.303 e. The van der Waals surface area contributed by atoms with E-state index in [4.69, 9.17) is 0 Å². The predicted molar refractivity (Wildman–Crippen MR) is 91.9 cm³/mol. The van der Waals surface area contributed by atoms with Crippen LogP contribution in [-0.2, 0) is 6.42 Å².